The minimum Gasteiger partial charge on any atom is -0.464 e. The zero-order chi connectivity index (χ0) is 18.5. The zero-order valence-corrected chi connectivity index (χ0v) is 14.6. The predicted molar refractivity (Wildman–Crippen MR) is 94.6 cm³/mol. The second-order valence-electron chi connectivity index (χ2n) is 6.48. The second-order valence-corrected chi connectivity index (χ2v) is 6.48. The summed E-state index contributed by atoms with van der Waals surface area (Å²) in [5.74, 6) is 0.979. The first kappa shape index (κ1) is 15.8. The topological polar surface area (TPSA) is 126 Å². The maximum absolute atomic E-state index is 12.5. The van der Waals surface area contributed by atoms with Gasteiger partial charge in [0.05, 0.1) is 24.5 Å². The van der Waals surface area contributed by atoms with Crippen molar-refractivity contribution in [1.29, 1.82) is 0 Å². The zero-order valence-electron chi connectivity index (χ0n) is 14.6. The Balaban J connectivity index is 1.69. The number of carbonyl (C=O) groups is 1. The van der Waals surface area contributed by atoms with Gasteiger partial charge < -0.3 is 14.9 Å². The van der Waals surface area contributed by atoms with E-state index in [0.717, 1.165) is 12.8 Å². The molecular weight excluding hydrogens is 350 g/mol. The van der Waals surface area contributed by atoms with E-state index >= 15 is 0 Å². The van der Waals surface area contributed by atoms with Gasteiger partial charge in [-0.2, -0.15) is 14.6 Å². The number of hydrogen-bond donors (Lipinski definition) is 1. The van der Waals surface area contributed by atoms with Crippen molar-refractivity contribution in [3.8, 4) is 11.6 Å². The van der Waals surface area contributed by atoms with Gasteiger partial charge in [0, 0.05) is 0 Å². The van der Waals surface area contributed by atoms with Crippen molar-refractivity contribution in [2.24, 2.45) is 5.92 Å². The fourth-order valence-corrected chi connectivity index (χ4v) is 3.27. The summed E-state index contributed by atoms with van der Waals surface area (Å²) >= 11 is 0. The summed E-state index contributed by atoms with van der Waals surface area (Å²) in [6, 6.07) is 3.02. The number of hydrogen-bond acceptors (Lipinski definition) is 8. The minimum absolute atomic E-state index is 0.156. The molecule has 1 atom stereocenters. The summed E-state index contributed by atoms with van der Waals surface area (Å²) in [6.07, 6.45) is 5.09. The van der Waals surface area contributed by atoms with E-state index in [1.165, 1.54) is 4.52 Å². The molecule has 2 N–H and O–H groups in total. The minimum atomic E-state index is -0.510. The summed E-state index contributed by atoms with van der Waals surface area (Å²) < 4.78 is 13.7. The summed E-state index contributed by atoms with van der Waals surface area (Å²) in [7, 11) is 0. The molecule has 0 saturated heterocycles. The smallest absolute Gasteiger partial charge is 0.331 e. The molecule has 4 heterocycles. The standard InChI is InChI=1S/C17H17N7O3/c1-2-26-16(25)12(9-5-6-9)23-15-10(8-19-23)14-20-13(11-4-3-7-27-11)22-24(14)17(18)21-15/h3-4,7-9,12H,2,5-6H2,1H3,(H2,18,21). The average molecular weight is 367 g/mol. The molecule has 1 aliphatic rings. The van der Waals surface area contributed by atoms with E-state index in [4.69, 9.17) is 14.9 Å². The monoisotopic (exact) mass is 367 g/mol. The third kappa shape index (κ3) is 2.44. The molecule has 10 nitrogen and oxygen atoms in total. The third-order valence-electron chi connectivity index (χ3n) is 4.66. The normalized spacial score (nSPS) is 15.4. The molecular formula is C17H17N7O3. The van der Waals surface area contributed by atoms with Gasteiger partial charge in [0.2, 0.25) is 11.8 Å². The number of fused-ring (bicyclic) bond motifs is 3. The number of rotatable bonds is 5. The van der Waals surface area contributed by atoms with Gasteiger partial charge in [-0.25, -0.2) is 14.5 Å². The molecule has 138 valence electrons. The summed E-state index contributed by atoms with van der Waals surface area (Å²) in [6.45, 7) is 2.10. The maximum atomic E-state index is 12.5. The number of anilines is 1. The van der Waals surface area contributed by atoms with Crippen LogP contribution in [-0.2, 0) is 9.53 Å². The highest BCUT2D eigenvalue weighted by molar-refractivity contribution is 5.91. The van der Waals surface area contributed by atoms with E-state index in [0.29, 0.717) is 34.9 Å². The lowest BCUT2D eigenvalue weighted by molar-refractivity contribution is -0.148. The summed E-state index contributed by atoms with van der Waals surface area (Å²) in [4.78, 5) is 21.4. The number of carbonyl (C=O) groups excluding carboxylic acids is 1. The molecule has 1 aliphatic carbocycles. The van der Waals surface area contributed by atoms with Crippen LogP contribution in [0.25, 0.3) is 28.3 Å². The van der Waals surface area contributed by atoms with E-state index in [1.54, 1.807) is 36.2 Å². The van der Waals surface area contributed by atoms with Gasteiger partial charge in [-0.1, -0.05) is 0 Å². The Morgan fingerprint density at radius 2 is 2.26 bits per heavy atom. The summed E-state index contributed by atoms with van der Waals surface area (Å²) in [5.41, 5.74) is 7.10. The van der Waals surface area contributed by atoms with Crippen LogP contribution < -0.4 is 5.73 Å². The number of nitrogens with zero attached hydrogens (tertiary/aromatic N) is 6. The first-order chi connectivity index (χ1) is 13.2. The predicted octanol–water partition coefficient (Wildman–Crippen LogP) is 1.83. The molecule has 0 spiro atoms. The van der Waals surface area contributed by atoms with Crippen molar-refractivity contribution in [3.63, 3.8) is 0 Å². The molecule has 4 aromatic rings. The molecule has 10 heteroatoms. The highest BCUT2D eigenvalue weighted by atomic mass is 16.5. The Labute approximate surface area is 152 Å². The lowest BCUT2D eigenvalue weighted by atomic mass is 10.2. The molecule has 4 aromatic heterocycles. The largest absolute Gasteiger partial charge is 0.464 e. The molecule has 0 aliphatic heterocycles. The Morgan fingerprint density at radius 1 is 1.41 bits per heavy atom. The third-order valence-corrected chi connectivity index (χ3v) is 4.66. The Morgan fingerprint density at radius 3 is 2.96 bits per heavy atom. The van der Waals surface area contributed by atoms with Crippen molar-refractivity contribution in [2.75, 3.05) is 12.3 Å². The van der Waals surface area contributed by atoms with Gasteiger partial charge in [-0.15, -0.1) is 5.10 Å². The molecule has 5 rings (SSSR count). The van der Waals surface area contributed by atoms with Crippen LogP contribution in [0.1, 0.15) is 25.8 Å². The van der Waals surface area contributed by atoms with Crippen LogP contribution in [0.2, 0.25) is 0 Å². The van der Waals surface area contributed by atoms with Crippen LogP contribution in [0.5, 0.6) is 0 Å². The number of aromatic nitrogens is 6. The highest BCUT2D eigenvalue weighted by Gasteiger charge is 2.40. The second kappa shape index (κ2) is 5.79. The van der Waals surface area contributed by atoms with E-state index in [1.807, 2.05) is 0 Å². The molecule has 1 fully saturated rings. The van der Waals surface area contributed by atoms with E-state index in [9.17, 15) is 4.79 Å². The Bertz CT molecular complexity index is 1140. The highest BCUT2D eigenvalue weighted by Crippen LogP contribution is 2.41. The van der Waals surface area contributed by atoms with E-state index in [-0.39, 0.29) is 17.8 Å². The van der Waals surface area contributed by atoms with Crippen molar-refractivity contribution in [3.05, 3.63) is 24.6 Å². The van der Waals surface area contributed by atoms with Crippen LogP contribution in [0.4, 0.5) is 5.95 Å². The van der Waals surface area contributed by atoms with Crippen LogP contribution in [0, 0.1) is 5.92 Å². The van der Waals surface area contributed by atoms with Gasteiger partial charge in [0.1, 0.15) is 0 Å². The molecule has 27 heavy (non-hydrogen) atoms. The van der Waals surface area contributed by atoms with Crippen LogP contribution in [-0.4, -0.2) is 41.9 Å². The number of ether oxygens (including phenoxy) is 1. The van der Waals surface area contributed by atoms with Crippen molar-refractivity contribution in [1.82, 2.24) is 29.4 Å². The number of esters is 1. The lowest BCUT2D eigenvalue weighted by Crippen LogP contribution is -2.25. The maximum Gasteiger partial charge on any atom is 0.331 e. The van der Waals surface area contributed by atoms with Crippen molar-refractivity contribution in [2.45, 2.75) is 25.8 Å². The Kier molecular flexibility index (Phi) is 3.39. The average Bonchev–Trinajstić information content (AvgIpc) is 3.04. The van der Waals surface area contributed by atoms with Crippen LogP contribution in [0.3, 0.4) is 0 Å². The number of furan rings is 1. The molecule has 0 aromatic carbocycles. The fourth-order valence-electron chi connectivity index (χ4n) is 3.27. The van der Waals surface area contributed by atoms with Crippen LogP contribution in [0.15, 0.2) is 29.0 Å². The van der Waals surface area contributed by atoms with Gasteiger partial charge in [-0.05, 0) is 37.8 Å². The van der Waals surface area contributed by atoms with Gasteiger partial charge in [0.15, 0.2) is 23.1 Å². The van der Waals surface area contributed by atoms with Crippen molar-refractivity contribution < 1.29 is 13.9 Å². The molecule has 0 amide bonds. The van der Waals surface area contributed by atoms with Crippen molar-refractivity contribution >= 4 is 28.6 Å². The van der Waals surface area contributed by atoms with E-state index in [2.05, 4.69) is 20.2 Å². The number of nitrogens with two attached hydrogens (primary N) is 1. The lowest BCUT2D eigenvalue weighted by Gasteiger charge is -2.16. The first-order valence-corrected chi connectivity index (χ1v) is 8.77. The quantitative estimate of drug-likeness (QED) is 0.529. The van der Waals surface area contributed by atoms with Gasteiger partial charge in [-0.3, -0.25) is 0 Å². The molecule has 0 radical (unpaired) electrons. The van der Waals surface area contributed by atoms with Crippen LogP contribution >= 0.6 is 0 Å². The first-order valence-electron chi connectivity index (χ1n) is 8.77. The SMILES string of the molecule is CCOC(=O)C(C1CC1)n1ncc2c1nc(N)n1nc(-c3ccco3)nc21. The summed E-state index contributed by atoms with van der Waals surface area (Å²) in [5, 5.41) is 9.44. The Hall–Kier alpha value is -3.43. The molecule has 1 unspecified atom stereocenters. The van der Waals surface area contributed by atoms with Gasteiger partial charge >= 0.3 is 5.97 Å². The molecule has 1 saturated carbocycles. The number of nitrogen functional groups attached to an aromatic ring is 1. The fraction of sp³-hybridized carbons (Fsp3) is 0.353. The van der Waals surface area contributed by atoms with Gasteiger partial charge in [0.25, 0.3) is 0 Å². The molecule has 0 bridgehead atoms. The van der Waals surface area contributed by atoms with E-state index < -0.39 is 6.04 Å².